The van der Waals surface area contributed by atoms with Gasteiger partial charge in [0, 0.05) is 19.0 Å². The molecule has 5 heteroatoms. The molecule has 0 saturated heterocycles. The van der Waals surface area contributed by atoms with Crippen molar-refractivity contribution in [2.45, 2.75) is 38.3 Å². The van der Waals surface area contributed by atoms with E-state index in [4.69, 9.17) is 0 Å². The zero-order valence-electron chi connectivity index (χ0n) is 10.9. The molecule has 1 aliphatic carbocycles. The number of aromatic hydroxyl groups is 2. The number of benzene rings is 1. The quantitative estimate of drug-likeness (QED) is 0.441. The molecule has 0 aromatic heterocycles. The first kappa shape index (κ1) is 13.7. The lowest BCUT2D eigenvalue weighted by atomic mass is 10.2. The van der Waals surface area contributed by atoms with Crippen molar-refractivity contribution in [2.24, 2.45) is 0 Å². The molecule has 104 valence electrons. The van der Waals surface area contributed by atoms with E-state index in [1.165, 1.54) is 12.1 Å². The van der Waals surface area contributed by atoms with Gasteiger partial charge < -0.3 is 20.8 Å². The Kier molecular flexibility index (Phi) is 4.63. The van der Waals surface area contributed by atoms with Gasteiger partial charge in [-0.1, -0.05) is 6.07 Å². The minimum absolute atomic E-state index is 0.108. The zero-order chi connectivity index (χ0) is 13.7. The van der Waals surface area contributed by atoms with Crippen molar-refractivity contribution in [3.05, 3.63) is 23.8 Å². The van der Waals surface area contributed by atoms with Crippen LogP contribution in [0.15, 0.2) is 18.2 Å². The van der Waals surface area contributed by atoms with Crippen molar-refractivity contribution in [3.63, 3.8) is 0 Å². The molecule has 0 spiro atoms. The second-order valence-corrected chi connectivity index (χ2v) is 4.95. The SMILES string of the molecule is O=C(CCCNCc1ccc(O)c(O)c1)NC1CC1. The molecule has 0 unspecified atom stereocenters. The lowest BCUT2D eigenvalue weighted by Crippen LogP contribution is -2.26. The monoisotopic (exact) mass is 264 g/mol. The maximum absolute atomic E-state index is 11.4. The molecule has 0 atom stereocenters. The van der Waals surface area contributed by atoms with Gasteiger partial charge in [-0.3, -0.25) is 4.79 Å². The summed E-state index contributed by atoms with van der Waals surface area (Å²) in [5, 5.41) is 24.7. The van der Waals surface area contributed by atoms with Crippen molar-refractivity contribution in [3.8, 4) is 11.5 Å². The molecule has 0 heterocycles. The Bertz CT molecular complexity index is 444. The van der Waals surface area contributed by atoms with E-state index in [0.717, 1.165) is 31.4 Å². The Labute approximate surface area is 112 Å². The number of phenolic OH excluding ortho intramolecular Hbond substituents is 2. The molecule has 1 amide bonds. The maximum atomic E-state index is 11.4. The molecule has 1 saturated carbocycles. The van der Waals surface area contributed by atoms with Gasteiger partial charge in [0.15, 0.2) is 11.5 Å². The van der Waals surface area contributed by atoms with Crippen LogP contribution in [-0.4, -0.2) is 28.7 Å². The Morgan fingerprint density at radius 2 is 2.05 bits per heavy atom. The van der Waals surface area contributed by atoms with E-state index in [2.05, 4.69) is 10.6 Å². The van der Waals surface area contributed by atoms with Crippen LogP contribution in [0.4, 0.5) is 0 Å². The third-order valence-corrected chi connectivity index (χ3v) is 3.07. The third kappa shape index (κ3) is 4.79. The molecule has 1 aromatic rings. The first-order chi connectivity index (χ1) is 9.15. The lowest BCUT2D eigenvalue weighted by Gasteiger charge is -2.06. The summed E-state index contributed by atoms with van der Waals surface area (Å²) in [5.41, 5.74) is 0.901. The summed E-state index contributed by atoms with van der Waals surface area (Å²) in [6.45, 7) is 1.36. The van der Waals surface area contributed by atoms with Gasteiger partial charge in [-0.2, -0.15) is 0 Å². The summed E-state index contributed by atoms with van der Waals surface area (Å²) in [4.78, 5) is 11.4. The van der Waals surface area contributed by atoms with E-state index < -0.39 is 0 Å². The molecule has 2 rings (SSSR count). The fourth-order valence-corrected chi connectivity index (χ4v) is 1.81. The van der Waals surface area contributed by atoms with Crippen LogP contribution in [0.25, 0.3) is 0 Å². The number of amides is 1. The summed E-state index contributed by atoms with van der Waals surface area (Å²) in [6.07, 6.45) is 3.58. The van der Waals surface area contributed by atoms with Crippen LogP contribution in [0.3, 0.4) is 0 Å². The van der Waals surface area contributed by atoms with Crippen LogP contribution in [0.2, 0.25) is 0 Å². The average molecular weight is 264 g/mol. The van der Waals surface area contributed by atoms with Crippen LogP contribution >= 0.6 is 0 Å². The molecule has 1 fully saturated rings. The highest BCUT2D eigenvalue weighted by molar-refractivity contribution is 5.76. The first-order valence-corrected chi connectivity index (χ1v) is 6.66. The van der Waals surface area contributed by atoms with E-state index in [1.54, 1.807) is 6.07 Å². The Morgan fingerprint density at radius 1 is 1.26 bits per heavy atom. The molecule has 0 aliphatic heterocycles. The molecular formula is C14H20N2O3. The van der Waals surface area contributed by atoms with Gasteiger partial charge >= 0.3 is 0 Å². The van der Waals surface area contributed by atoms with Gasteiger partial charge in [0.25, 0.3) is 0 Å². The van der Waals surface area contributed by atoms with Gasteiger partial charge in [-0.15, -0.1) is 0 Å². The summed E-state index contributed by atoms with van der Waals surface area (Å²) < 4.78 is 0. The van der Waals surface area contributed by atoms with E-state index in [1.807, 2.05) is 0 Å². The van der Waals surface area contributed by atoms with Crippen LogP contribution in [-0.2, 0) is 11.3 Å². The summed E-state index contributed by atoms with van der Waals surface area (Å²) in [7, 11) is 0. The molecule has 5 nitrogen and oxygen atoms in total. The van der Waals surface area contributed by atoms with E-state index in [9.17, 15) is 15.0 Å². The predicted octanol–water partition coefficient (Wildman–Crippen LogP) is 1.25. The highest BCUT2D eigenvalue weighted by Gasteiger charge is 2.22. The van der Waals surface area contributed by atoms with Gasteiger partial charge in [-0.05, 0) is 43.5 Å². The van der Waals surface area contributed by atoms with E-state index in [-0.39, 0.29) is 17.4 Å². The number of hydrogen-bond donors (Lipinski definition) is 4. The molecule has 4 N–H and O–H groups in total. The summed E-state index contributed by atoms with van der Waals surface area (Å²) >= 11 is 0. The van der Waals surface area contributed by atoms with Crippen molar-refractivity contribution >= 4 is 5.91 Å². The molecular weight excluding hydrogens is 244 g/mol. The number of nitrogens with one attached hydrogen (secondary N) is 2. The standard InChI is InChI=1S/C14H20N2O3/c17-12-6-3-10(8-13(12)18)9-15-7-1-2-14(19)16-11-4-5-11/h3,6,8,11,15,17-18H,1-2,4-5,7,9H2,(H,16,19). The normalized spacial score (nSPS) is 14.3. The fourth-order valence-electron chi connectivity index (χ4n) is 1.81. The van der Waals surface area contributed by atoms with Gasteiger partial charge in [0.2, 0.25) is 5.91 Å². The van der Waals surface area contributed by atoms with Crippen molar-refractivity contribution in [1.29, 1.82) is 0 Å². The Morgan fingerprint density at radius 3 is 2.74 bits per heavy atom. The fraction of sp³-hybridized carbons (Fsp3) is 0.500. The van der Waals surface area contributed by atoms with Crippen LogP contribution < -0.4 is 10.6 Å². The second-order valence-electron chi connectivity index (χ2n) is 4.95. The minimum Gasteiger partial charge on any atom is -0.504 e. The molecule has 1 aliphatic rings. The summed E-state index contributed by atoms with van der Waals surface area (Å²) in [5.74, 6) is -0.0878. The number of rotatable bonds is 7. The predicted molar refractivity (Wildman–Crippen MR) is 71.9 cm³/mol. The smallest absolute Gasteiger partial charge is 0.220 e. The Hall–Kier alpha value is -1.75. The van der Waals surface area contributed by atoms with E-state index >= 15 is 0 Å². The Balaban J connectivity index is 1.58. The highest BCUT2D eigenvalue weighted by atomic mass is 16.3. The second kappa shape index (κ2) is 6.43. The number of phenols is 2. The van der Waals surface area contributed by atoms with Crippen molar-refractivity contribution in [1.82, 2.24) is 10.6 Å². The van der Waals surface area contributed by atoms with Gasteiger partial charge in [0.05, 0.1) is 0 Å². The van der Waals surface area contributed by atoms with Crippen molar-refractivity contribution < 1.29 is 15.0 Å². The highest BCUT2D eigenvalue weighted by Crippen LogP contribution is 2.24. The first-order valence-electron chi connectivity index (χ1n) is 6.66. The zero-order valence-corrected chi connectivity index (χ0v) is 10.9. The van der Waals surface area contributed by atoms with Crippen LogP contribution in [0, 0.1) is 0 Å². The summed E-state index contributed by atoms with van der Waals surface area (Å²) in [6, 6.07) is 5.18. The van der Waals surface area contributed by atoms with Gasteiger partial charge in [-0.25, -0.2) is 0 Å². The lowest BCUT2D eigenvalue weighted by molar-refractivity contribution is -0.121. The minimum atomic E-state index is -0.111. The molecule has 1 aromatic carbocycles. The number of hydrogen-bond acceptors (Lipinski definition) is 4. The van der Waals surface area contributed by atoms with Gasteiger partial charge in [0.1, 0.15) is 0 Å². The number of carbonyl (C=O) groups is 1. The van der Waals surface area contributed by atoms with Crippen LogP contribution in [0.5, 0.6) is 11.5 Å². The average Bonchev–Trinajstić information content (AvgIpc) is 3.17. The molecule has 19 heavy (non-hydrogen) atoms. The number of carbonyl (C=O) groups excluding carboxylic acids is 1. The van der Waals surface area contributed by atoms with Crippen LogP contribution in [0.1, 0.15) is 31.2 Å². The topological polar surface area (TPSA) is 81.6 Å². The molecule has 0 radical (unpaired) electrons. The third-order valence-electron chi connectivity index (χ3n) is 3.07. The maximum Gasteiger partial charge on any atom is 0.220 e. The van der Waals surface area contributed by atoms with E-state index in [0.29, 0.717) is 19.0 Å². The molecule has 0 bridgehead atoms. The largest absolute Gasteiger partial charge is 0.504 e. The van der Waals surface area contributed by atoms with Crippen molar-refractivity contribution in [2.75, 3.05) is 6.54 Å².